The number of benzene rings is 2. The molecule has 6 N–H and O–H groups in total. The molecule has 0 aromatic heterocycles. The van der Waals surface area contributed by atoms with E-state index in [1.54, 1.807) is 26.0 Å². The van der Waals surface area contributed by atoms with E-state index in [1.165, 1.54) is 36.5 Å². The molecule has 2 aromatic carbocycles. The number of likely N-dealkylation sites (tertiary alicyclic amines) is 2. The second-order valence-corrected chi connectivity index (χ2v) is 30.6. The number of halogens is 6. The van der Waals surface area contributed by atoms with Gasteiger partial charge < -0.3 is 20.4 Å². The first-order valence-electron chi connectivity index (χ1n) is 28.8. The van der Waals surface area contributed by atoms with E-state index in [4.69, 9.17) is 32.3 Å². The lowest BCUT2D eigenvalue weighted by Crippen LogP contribution is -2.69. The Morgan fingerprint density at radius 2 is 0.942 bits per heavy atom. The van der Waals surface area contributed by atoms with Crippen LogP contribution in [0.2, 0.25) is 10.0 Å². The summed E-state index contributed by atoms with van der Waals surface area (Å²) in [5, 5.41) is 44.7. The van der Waals surface area contributed by atoms with Gasteiger partial charge in [-0.15, -0.1) is 0 Å². The van der Waals surface area contributed by atoms with Crippen LogP contribution in [-0.2, 0) is 52.5 Å². The number of allylic oxidation sites excluding steroid dienone is 8. The molecule has 0 unspecified atom stereocenters. The molecule has 6 saturated carbocycles. The minimum absolute atomic E-state index is 0.0273. The molecule has 2 heterocycles. The van der Waals surface area contributed by atoms with Gasteiger partial charge >= 0.3 is 0 Å². The second kappa shape index (κ2) is 23.0. The predicted molar refractivity (Wildman–Crippen MR) is 312 cm³/mol. The summed E-state index contributed by atoms with van der Waals surface area (Å²) in [6.45, 7) is 8.88. The predicted octanol–water partition coefficient (Wildman–Crippen LogP) is 7.50. The average Bonchev–Trinajstić information content (AvgIpc) is 1.41. The van der Waals surface area contributed by atoms with Gasteiger partial charge in [-0.05, 0) is 158 Å². The average molecular weight is 1280 g/mol. The van der Waals surface area contributed by atoms with Crippen LogP contribution in [0.1, 0.15) is 77.3 Å². The zero-order valence-corrected chi connectivity index (χ0v) is 51.8. The summed E-state index contributed by atoms with van der Waals surface area (Å²) in [4.78, 5) is 55.8. The van der Waals surface area contributed by atoms with Crippen LogP contribution >= 0.6 is 23.2 Å². The van der Waals surface area contributed by atoms with Crippen LogP contribution in [0.5, 0.6) is 0 Å². The number of Topliss-reactive ketones (excluding diaryl/α,β-unsaturated/α-hetero) is 2. The summed E-state index contributed by atoms with van der Waals surface area (Å²) in [5.41, 5.74) is -8.65. The monoisotopic (exact) mass is 1280 g/mol. The van der Waals surface area contributed by atoms with Crippen molar-refractivity contribution < 1.29 is 83.1 Å². The fraction of sp³-hybridized carbons (Fsp3) is 0.613. The Morgan fingerprint density at radius 3 is 1.26 bits per heavy atom. The molecular weight excluding hydrogens is 1210 g/mol. The van der Waals surface area contributed by atoms with Gasteiger partial charge in [-0.25, -0.2) is 17.6 Å². The first kappa shape index (κ1) is 66.4. The normalized spacial score (nSPS) is 41.7. The summed E-state index contributed by atoms with van der Waals surface area (Å²) >= 11 is 12.4. The van der Waals surface area contributed by atoms with E-state index >= 15 is 17.6 Å². The number of aliphatic hydroxyl groups excluding tert-OH is 4. The van der Waals surface area contributed by atoms with Gasteiger partial charge in [0.05, 0.1) is 35.5 Å². The molecule has 0 spiro atoms. The van der Waals surface area contributed by atoms with Gasteiger partial charge in [-0.2, -0.15) is 16.8 Å². The molecule has 18 atom stereocenters. The maximum absolute atomic E-state index is 17.4. The van der Waals surface area contributed by atoms with E-state index in [0.29, 0.717) is 74.7 Å². The number of aliphatic hydroxyl groups is 4. The van der Waals surface area contributed by atoms with Crippen LogP contribution in [0.4, 0.5) is 17.6 Å². The summed E-state index contributed by atoms with van der Waals surface area (Å²) in [5.74, 6) is -4.01. The Hall–Kier alpha value is -4.04. The molecule has 8 fully saturated rings. The molecule has 86 heavy (non-hydrogen) atoms. The molecule has 0 amide bonds. The molecule has 2 aromatic rings. The largest absolute Gasteiger partial charge is 0.390 e. The molecule has 8 aliphatic carbocycles. The third-order valence-electron chi connectivity index (χ3n) is 22.3. The number of hydrogen-bond donors (Lipinski definition) is 6. The molecule has 0 radical (unpaired) electrons. The third kappa shape index (κ3) is 10.7. The molecule has 472 valence electrons. The zero-order chi connectivity index (χ0) is 63.5. The first-order chi connectivity index (χ1) is 39.8. The van der Waals surface area contributed by atoms with Crippen LogP contribution in [0, 0.1) is 68.0 Å². The van der Waals surface area contributed by atoms with Crippen molar-refractivity contribution in [2.75, 3.05) is 51.9 Å². The highest BCUT2D eigenvalue weighted by atomic mass is 35.5. The maximum atomic E-state index is 17.4. The van der Waals surface area contributed by atoms with E-state index in [9.17, 15) is 56.4 Å². The highest BCUT2D eigenvalue weighted by molar-refractivity contribution is 7.85. The number of carbonyl (C=O) groups excluding carboxylic acids is 4. The van der Waals surface area contributed by atoms with Crippen molar-refractivity contribution >= 4 is 66.6 Å². The van der Waals surface area contributed by atoms with Gasteiger partial charge in [-0.1, -0.05) is 73.5 Å². The summed E-state index contributed by atoms with van der Waals surface area (Å²) in [6.07, 6.45) is 4.09. The SMILES string of the molecule is CS(=O)(=O)O.CS(=O)(=O)O.C[C@]12C=CC(=O)C=C1[C@@H](F)C[C@H]1[C@@H]3C[C@H]4CN(Cc5cccc(Cl)c5)C[C@@]4(C(=O)CO)[C@@]3(C)C[C@H](O)[C@@]12F.C[C@]12C=CC(=O)C=C1[C@@H](F)C[C@H]1[C@@H]3C[C@H]4CN(Cc5cccc(Cl)c5)C[C@@]4(C(=O)CO)[C@@]3(C)C[C@H](O)[C@@]12F. The smallest absolute Gasteiger partial charge is 0.261 e. The molecule has 24 heteroatoms. The Kier molecular flexibility index (Phi) is 17.8. The molecule has 2 saturated heterocycles. The number of fused-ring (bicyclic) bond motifs is 14. The number of alkyl halides is 4. The minimum atomic E-state index is -3.67. The van der Waals surface area contributed by atoms with Crippen molar-refractivity contribution in [1.82, 2.24) is 9.80 Å². The molecule has 2 aliphatic heterocycles. The lowest BCUT2D eigenvalue weighted by Gasteiger charge is -2.63. The Labute approximate surface area is 509 Å². The van der Waals surface area contributed by atoms with E-state index < -0.39 is 114 Å². The van der Waals surface area contributed by atoms with E-state index in [-0.39, 0.29) is 83.6 Å². The fourth-order valence-electron chi connectivity index (χ4n) is 19.1. The topological polar surface area (TPSA) is 264 Å². The standard InChI is InChI=1S/2C30H34ClF2NO4.2CH4O3S/c2*1-27-7-6-20(36)10-23(27)24(32)11-22-21-9-18-14-34(13-17-4-3-5-19(31)8-17)16-29(18,26(38)15-35)28(21,2)12-25(37)30(22,27)33;2*1-5(2,3)4/h2*3-8,10,18,21-22,24-25,35,37H,9,11-16H2,1-2H3;2*1H3,(H,2,3,4)/t2*18-,21-,22-,24-,25-,27-,28-,29+,30-;;/m00../s1. The number of nitrogens with zero attached hydrogens (tertiary/aromatic N) is 2. The number of rotatable bonds is 8. The van der Waals surface area contributed by atoms with Crippen molar-refractivity contribution in [2.24, 2.45) is 68.0 Å². The molecule has 0 bridgehead atoms. The zero-order valence-electron chi connectivity index (χ0n) is 48.7. The van der Waals surface area contributed by atoms with Gasteiger partial charge in [0.2, 0.25) is 0 Å². The van der Waals surface area contributed by atoms with E-state index in [1.807, 2.05) is 50.2 Å². The van der Waals surface area contributed by atoms with Crippen LogP contribution in [0.15, 0.2) is 96.1 Å². The van der Waals surface area contributed by atoms with Crippen molar-refractivity contribution in [1.29, 1.82) is 0 Å². The third-order valence-corrected chi connectivity index (χ3v) is 22.8. The van der Waals surface area contributed by atoms with Crippen LogP contribution in [0.25, 0.3) is 0 Å². The van der Waals surface area contributed by atoms with Crippen molar-refractivity contribution in [3.63, 3.8) is 0 Å². The quantitative estimate of drug-likeness (QED) is 0.110. The van der Waals surface area contributed by atoms with Crippen molar-refractivity contribution in [3.05, 3.63) is 117 Å². The summed E-state index contributed by atoms with van der Waals surface area (Å²) < 4.78 is 118. The highest BCUT2D eigenvalue weighted by Gasteiger charge is 2.80. The van der Waals surface area contributed by atoms with E-state index in [0.717, 1.165) is 11.1 Å². The molecule has 16 nitrogen and oxygen atoms in total. The first-order valence-corrected chi connectivity index (χ1v) is 33.3. The van der Waals surface area contributed by atoms with E-state index in [2.05, 4.69) is 9.80 Å². The van der Waals surface area contributed by atoms with Gasteiger partial charge in [0.15, 0.2) is 34.5 Å². The molecule has 10 aliphatic rings. The van der Waals surface area contributed by atoms with Gasteiger partial charge in [-0.3, -0.25) is 38.1 Å². The number of ketones is 4. The van der Waals surface area contributed by atoms with Crippen molar-refractivity contribution in [3.8, 4) is 0 Å². The van der Waals surface area contributed by atoms with Crippen molar-refractivity contribution in [2.45, 2.75) is 115 Å². The van der Waals surface area contributed by atoms with Crippen LogP contribution in [-0.4, -0.2) is 167 Å². The highest BCUT2D eigenvalue weighted by Crippen LogP contribution is 2.76. The fourth-order valence-corrected chi connectivity index (χ4v) is 19.5. The van der Waals surface area contributed by atoms with Gasteiger partial charge in [0, 0.05) is 72.0 Å². The Balaban J connectivity index is 0.000000178. The second-order valence-electron chi connectivity index (χ2n) is 26.8. The van der Waals surface area contributed by atoms with Gasteiger partial charge in [0.25, 0.3) is 20.2 Å². The molecular formula is C62H76Cl2F4N2O14S2. The number of hydrogen-bond acceptors (Lipinski definition) is 14. The van der Waals surface area contributed by atoms with Crippen LogP contribution < -0.4 is 0 Å². The maximum Gasteiger partial charge on any atom is 0.261 e. The Morgan fingerprint density at radius 1 is 0.605 bits per heavy atom. The number of carbonyl (C=O) groups is 4. The minimum Gasteiger partial charge on any atom is -0.390 e. The lowest BCUT2D eigenvalue weighted by molar-refractivity contribution is -0.212. The van der Waals surface area contributed by atoms with Crippen LogP contribution in [0.3, 0.4) is 0 Å². The summed E-state index contributed by atoms with van der Waals surface area (Å²) in [7, 11) is -7.33. The Bertz CT molecular complexity index is 3210. The lowest BCUT2D eigenvalue weighted by atomic mass is 9.43. The molecule has 12 rings (SSSR count). The van der Waals surface area contributed by atoms with Gasteiger partial charge in [0.1, 0.15) is 25.6 Å². The summed E-state index contributed by atoms with van der Waals surface area (Å²) in [6, 6.07) is 15.1.